The highest BCUT2D eigenvalue weighted by molar-refractivity contribution is 6.36. The molecule has 1 nitrogen and oxygen atoms in total. The predicted molar refractivity (Wildman–Crippen MR) is 91.2 cm³/mol. The van der Waals surface area contributed by atoms with Gasteiger partial charge in [-0.05, 0) is 29.8 Å². The molecule has 112 valence electrons. The molecule has 0 saturated heterocycles. The van der Waals surface area contributed by atoms with E-state index in [2.05, 4.69) is 0 Å². The van der Waals surface area contributed by atoms with E-state index in [-0.39, 0.29) is 12.3 Å². The first-order chi connectivity index (χ1) is 9.87. The number of rotatable bonds is 4. The fourth-order valence-electron chi connectivity index (χ4n) is 2.07. The zero-order valence-corrected chi connectivity index (χ0v) is 14.5. The van der Waals surface area contributed by atoms with E-state index >= 15 is 0 Å². The van der Waals surface area contributed by atoms with Crippen molar-refractivity contribution in [1.29, 1.82) is 0 Å². The monoisotopic (exact) mass is 382 g/mol. The van der Waals surface area contributed by atoms with Gasteiger partial charge in [-0.2, -0.15) is 0 Å². The number of halogens is 5. The van der Waals surface area contributed by atoms with Crippen LogP contribution in [0.4, 0.5) is 0 Å². The molecule has 1 unspecified atom stereocenters. The second kappa shape index (κ2) is 6.95. The third-order valence-corrected chi connectivity index (χ3v) is 4.88. The number of hydrogen-bond acceptors (Lipinski definition) is 1. The van der Waals surface area contributed by atoms with Crippen LogP contribution in [-0.4, -0.2) is 11.0 Å². The number of hydrogen-bond donors (Lipinski definition) is 1. The van der Waals surface area contributed by atoms with Crippen LogP contribution in [0.3, 0.4) is 0 Å². The zero-order valence-electron chi connectivity index (χ0n) is 10.7. The van der Waals surface area contributed by atoms with Gasteiger partial charge in [0.2, 0.25) is 0 Å². The maximum Gasteiger partial charge on any atom is 0.109 e. The van der Waals surface area contributed by atoms with Gasteiger partial charge in [-0.25, -0.2) is 0 Å². The van der Waals surface area contributed by atoms with Crippen LogP contribution in [0.25, 0.3) is 0 Å². The summed E-state index contributed by atoms with van der Waals surface area (Å²) in [6.45, 7) is 0. The van der Waals surface area contributed by atoms with Gasteiger partial charge in [-0.1, -0.05) is 58.5 Å². The van der Waals surface area contributed by atoms with Gasteiger partial charge in [-0.3, -0.25) is 0 Å². The molecule has 2 aromatic rings. The summed E-state index contributed by atoms with van der Waals surface area (Å²) >= 11 is 30.3. The molecule has 0 aliphatic rings. The summed E-state index contributed by atoms with van der Waals surface area (Å²) in [4.78, 5) is 0. The highest BCUT2D eigenvalue weighted by Crippen LogP contribution is 2.37. The molecule has 0 aliphatic carbocycles. The molecule has 0 aliphatic heterocycles. The third-order valence-electron chi connectivity index (χ3n) is 3.18. The predicted octanol–water partition coefficient (Wildman–Crippen LogP) is 5.97. The van der Waals surface area contributed by atoms with Crippen LogP contribution in [-0.2, 0) is 12.0 Å². The molecule has 0 bridgehead atoms. The molecule has 0 amide bonds. The van der Waals surface area contributed by atoms with Crippen molar-refractivity contribution in [3.63, 3.8) is 0 Å². The first kappa shape index (κ1) is 17.2. The van der Waals surface area contributed by atoms with Crippen LogP contribution in [0.15, 0.2) is 36.4 Å². The Morgan fingerprint density at radius 1 is 0.905 bits per heavy atom. The summed E-state index contributed by atoms with van der Waals surface area (Å²) in [6.07, 6.45) is 0.149. The lowest BCUT2D eigenvalue weighted by Gasteiger charge is -2.28. The minimum absolute atomic E-state index is 0.0596. The molecule has 0 aromatic heterocycles. The van der Waals surface area contributed by atoms with E-state index in [1.165, 1.54) is 0 Å². The molecule has 21 heavy (non-hydrogen) atoms. The first-order valence-electron chi connectivity index (χ1n) is 6.04. The Kier molecular flexibility index (Phi) is 5.70. The summed E-state index contributed by atoms with van der Waals surface area (Å²) in [5.41, 5.74) is -0.285. The van der Waals surface area contributed by atoms with Crippen molar-refractivity contribution >= 4 is 58.0 Å². The Morgan fingerprint density at radius 3 is 2.05 bits per heavy atom. The number of aliphatic hydroxyl groups is 1. The largest absolute Gasteiger partial charge is 0.384 e. The van der Waals surface area contributed by atoms with Crippen LogP contribution < -0.4 is 0 Å². The second-order valence-electron chi connectivity index (χ2n) is 4.67. The summed E-state index contributed by atoms with van der Waals surface area (Å²) in [5, 5.41) is 12.7. The van der Waals surface area contributed by atoms with E-state index in [4.69, 9.17) is 58.0 Å². The third kappa shape index (κ3) is 3.79. The lowest BCUT2D eigenvalue weighted by Crippen LogP contribution is -2.31. The smallest absolute Gasteiger partial charge is 0.109 e. The molecule has 0 saturated carbocycles. The van der Waals surface area contributed by atoms with Crippen molar-refractivity contribution in [3.8, 4) is 0 Å². The Balaban J connectivity index is 2.46. The molecule has 0 radical (unpaired) electrons. The van der Waals surface area contributed by atoms with Crippen LogP contribution in [0, 0.1) is 0 Å². The van der Waals surface area contributed by atoms with Crippen LogP contribution in [0.1, 0.15) is 11.1 Å². The van der Waals surface area contributed by atoms with Gasteiger partial charge < -0.3 is 5.11 Å². The van der Waals surface area contributed by atoms with E-state index in [9.17, 15) is 5.11 Å². The average molecular weight is 385 g/mol. The van der Waals surface area contributed by atoms with Crippen LogP contribution in [0.5, 0.6) is 0 Å². The number of alkyl halides is 1. The van der Waals surface area contributed by atoms with Gasteiger partial charge in [-0.15, -0.1) is 11.6 Å². The molecule has 1 N–H and O–H groups in total. The lowest BCUT2D eigenvalue weighted by molar-refractivity contribution is 0.0616. The average Bonchev–Trinajstić information content (AvgIpc) is 2.43. The summed E-state index contributed by atoms with van der Waals surface area (Å²) in [6, 6.07) is 10.0. The number of benzene rings is 2. The fraction of sp³-hybridized carbons (Fsp3) is 0.200. The summed E-state index contributed by atoms with van der Waals surface area (Å²) in [7, 11) is 0. The van der Waals surface area contributed by atoms with Crippen LogP contribution >= 0.6 is 58.0 Å². The molecule has 0 heterocycles. The molecule has 2 rings (SSSR count). The maximum atomic E-state index is 10.9. The SMILES string of the molecule is OC(CCl)(Cc1c(Cl)cccc1Cl)c1ccc(Cl)cc1Cl. The molecule has 0 fully saturated rings. The first-order valence-corrected chi connectivity index (χ1v) is 8.09. The van der Waals surface area contributed by atoms with Crippen molar-refractivity contribution in [2.24, 2.45) is 0 Å². The normalized spacial score (nSPS) is 14.0. The van der Waals surface area contributed by atoms with Gasteiger partial charge in [0.05, 0.1) is 5.88 Å². The van der Waals surface area contributed by atoms with Crippen molar-refractivity contribution in [3.05, 3.63) is 67.6 Å². The van der Waals surface area contributed by atoms with Crippen molar-refractivity contribution in [2.75, 3.05) is 5.88 Å². The quantitative estimate of drug-likeness (QED) is 0.644. The van der Waals surface area contributed by atoms with Crippen molar-refractivity contribution < 1.29 is 5.11 Å². The van der Waals surface area contributed by atoms with Gasteiger partial charge in [0.25, 0.3) is 0 Å². The zero-order chi connectivity index (χ0) is 15.6. The Hall–Kier alpha value is -0.150. The van der Waals surface area contributed by atoms with Crippen LogP contribution in [0.2, 0.25) is 20.1 Å². The van der Waals surface area contributed by atoms with E-state index in [1.54, 1.807) is 36.4 Å². The van der Waals surface area contributed by atoms with Crippen molar-refractivity contribution in [2.45, 2.75) is 12.0 Å². The molecule has 0 spiro atoms. The molecular formula is C15H11Cl5O. The molecule has 2 aromatic carbocycles. The Labute approximate surface area is 148 Å². The van der Waals surface area contributed by atoms with E-state index in [0.717, 1.165) is 0 Å². The van der Waals surface area contributed by atoms with Gasteiger partial charge >= 0.3 is 0 Å². The summed E-state index contributed by atoms with van der Waals surface area (Å²) in [5.74, 6) is -0.0596. The van der Waals surface area contributed by atoms with E-state index < -0.39 is 5.60 Å². The minimum atomic E-state index is -1.39. The van der Waals surface area contributed by atoms with Crippen molar-refractivity contribution in [1.82, 2.24) is 0 Å². The standard InChI is InChI=1S/C15H11Cl5O/c16-8-15(21,11-5-4-9(17)6-14(11)20)7-10-12(18)2-1-3-13(10)19/h1-6,21H,7-8H2. The van der Waals surface area contributed by atoms with E-state index in [0.29, 0.717) is 31.2 Å². The van der Waals surface area contributed by atoms with Gasteiger partial charge in [0.15, 0.2) is 0 Å². The molecule has 1 atom stereocenters. The highest BCUT2D eigenvalue weighted by atomic mass is 35.5. The Bertz CT molecular complexity index is 638. The summed E-state index contributed by atoms with van der Waals surface area (Å²) < 4.78 is 0. The molecular weight excluding hydrogens is 373 g/mol. The topological polar surface area (TPSA) is 20.2 Å². The minimum Gasteiger partial charge on any atom is -0.384 e. The fourth-order valence-corrected chi connectivity index (χ4v) is 3.43. The van der Waals surface area contributed by atoms with Gasteiger partial charge in [0.1, 0.15) is 5.60 Å². The van der Waals surface area contributed by atoms with Gasteiger partial charge in [0, 0.05) is 32.1 Å². The lowest BCUT2D eigenvalue weighted by atomic mass is 9.88. The maximum absolute atomic E-state index is 10.9. The highest BCUT2D eigenvalue weighted by Gasteiger charge is 2.32. The Morgan fingerprint density at radius 2 is 1.52 bits per heavy atom. The second-order valence-corrected chi connectivity index (χ2v) is 6.59. The van der Waals surface area contributed by atoms with E-state index in [1.807, 2.05) is 0 Å². The molecule has 6 heteroatoms.